The van der Waals surface area contributed by atoms with Crippen LogP contribution in [0.5, 0.6) is 0 Å². The minimum Gasteiger partial charge on any atom is -0.327 e. The highest BCUT2D eigenvalue weighted by molar-refractivity contribution is 8.02. The average molecular weight is 392 g/mol. The molecule has 0 unspecified atom stereocenters. The Kier molecular flexibility index (Phi) is 4.92. The van der Waals surface area contributed by atoms with Crippen molar-refractivity contribution in [3.63, 3.8) is 0 Å². The van der Waals surface area contributed by atoms with Crippen LogP contribution in [0.4, 0.5) is 23.1 Å². The second-order valence-corrected chi connectivity index (χ2v) is 7.39. The quantitative estimate of drug-likeness (QED) is 0.840. The average Bonchev–Trinajstić information content (AvgIpc) is 3.00. The Morgan fingerprint density at radius 2 is 1.89 bits per heavy atom. The highest BCUT2D eigenvalue weighted by Gasteiger charge is 2.28. The van der Waals surface area contributed by atoms with Crippen molar-refractivity contribution >= 4 is 40.8 Å². The molecule has 28 heavy (non-hydrogen) atoms. The van der Waals surface area contributed by atoms with Gasteiger partial charge in [-0.3, -0.25) is 4.79 Å². The smallest absolute Gasteiger partial charge is 0.260 e. The molecular weight excluding hydrogens is 370 g/mol. The van der Waals surface area contributed by atoms with Crippen molar-refractivity contribution < 1.29 is 4.79 Å². The van der Waals surface area contributed by atoms with E-state index in [1.165, 1.54) is 4.91 Å². The summed E-state index contributed by atoms with van der Waals surface area (Å²) in [6, 6.07) is 7.55. The molecule has 1 amide bonds. The van der Waals surface area contributed by atoms with Gasteiger partial charge in [-0.2, -0.15) is 4.98 Å². The first kappa shape index (κ1) is 18.3. The van der Waals surface area contributed by atoms with Crippen molar-refractivity contribution in [3.05, 3.63) is 70.9 Å². The number of hydrogen-bond acceptors (Lipinski definition) is 6. The zero-order chi connectivity index (χ0) is 19.7. The molecule has 0 saturated carbocycles. The number of allylic oxidation sites excluding steroid dienone is 4. The lowest BCUT2D eigenvalue weighted by atomic mass is 10.1. The van der Waals surface area contributed by atoms with Gasteiger partial charge in [0.1, 0.15) is 5.69 Å². The molecule has 1 aliphatic carbocycles. The van der Waals surface area contributed by atoms with Crippen molar-refractivity contribution in [1.82, 2.24) is 9.97 Å². The van der Waals surface area contributed by atoms with Crippen LogP contribution >= 0.6 is 11.8 Å². The van der Waals surface area contributed by atoms with Gasteiger partial charge in [-0.25, -0.2) is 4.98 Å². The number of benzene rings is 1. The molecule has 4 rings (SSSR count). The Bertz CT molecular complexity index is 1030. The van der Waals surface area contributed by atoms with Gasteiger partial charge in [-0.1, -0.05) is 24.3 Å². The summed E-state index contributed by atoms with van der Waals surface area (Å²) in [5.74, 6) is 1.10. The van der Waals surface area contributed by atoms with Gasteiger partial charge in [-0.05, 0) is 37.0 Å². The number of nitrogens with one attached hydrogen (secondary N) is 1. The van der Waals surface area contributed by atoms with E-state index in [0.29, 0.717) is 23.0 Å². The number of rotatable bonds is 3. The first-order chi connectivity index (χ1) is 13.6. The summed E-state index contributed by atoms with van der Waals surface area (Å²) in [7, 11) is 3.67. The van der Waals surface area contributed by atoms with Crippen LogP contribution in [0, 0.1) is 0 Å². The summed E-state index contributed by atoms with van der Waals surface area (Å²) in [6.45, 7) is 0. The number of hydrogen-bond donors (Lipinski definition) is 1. The second-order valence-electron chi connectivity index (χ2n) is 6.51. The monoisotopic (exact) mass is 391 g/mol. The van der Waals surface area contributed by atoms with Gasteiger partial charge in [-0.15, -0.1) is 11.8 Å². The first-order valence-corrected chi connectivity index (χ1v) is 10.2. The van der Waals surface area contributed by atoms with E-state index in [1.54, 1.807) is 29.9 Å². The summed E-state index contributed by atoms with van der Waals surface area (Å²) in [5.41, 5.74) is 3.09. The topological polar surface area (TPSA) is 61.4 Å². The fraction of sp³-hybridized carbons (Fsp3) is 0.190. The number of para-hydroxylation sites is 1. The third-order valence-corrected chi connectivity index (χ3v) is 5.58. The number of amides is 1. The molecule has 1 N–H and O–H groups in total. The number of nitrogens with zero attached hydrogens (tertiary/aromatic N) is 4. The third-order valence-electron chi connectivity index (χ3n) is 4.81. The van der Waals surface area contributed by atoms with Gasteiger partial charge in [0.2, 0.25) is 5.95 Å². The summed E-state index contributed by atoms with van der Waals surface area (Å²) >= 11 is 1.72. The van der Waals surface area contributed by atoms with Crippen molar-refractivity contribution in [2.45, 2.75) is 6.42 Å². The molecule has 0 saturated heterocycles. The second kappa shape index (κ2) is 7.52. The SMILES string of the molecule is CSC1=CCC=C(Nc2ncc3c(n2)N(C)c2ccccc2C(=O)N3C)C=C1. The molecule has 0 fully saturated rings. The maximum absolute atomic E-state index is 12.8. The Balaban J connectivity index is 1.69. The number of aromatic nitrogens is 2. The van der Waals surface area contributed by atoms with Crippen LogP contribution in [0.3, 0.4) is 0 Å². The van der Waals surface area contributed by atoms with E-state index in [1.807, 2.05) is 42.3 Å². The number of carbonyl (C=O) groups excluding carboxylic acids is 1. The number of fused-ring (bicyclic) bond motifs is 2. The fourth-order valence-electron chi connectivity index (χ4n) is 3.24. The predicted octanol–water partition coefficient (Wildman–Crippen LogP) is 4.34. The molecular formula is C21H21N5OS. The number of thioether (sulfide) groups is 1. The van der Waals surface area contributed by atoms with E-state index in [2.05, 4.69) is 34.8 Å². The molecule has 7 heteroatoms. The zero-order valence-electron chi connectivity index (χ0n) is 16.0. The lowest BCUT2D eigenvalue weighted by Gasteiger charge is -2.21. The van der Waals surface area contributed by atoms with E-state index < -0.39 is 0 Å². The molecule has 2 aliphatic rings. The first-order valence-electron chi connectivity index (χ1n) is 8.95. The summed E-state index contributed by atoms with van der Waals surface area (Å²) < 4.78 is 0. The molecule has 1 aliphatic heterocycles. The third kappa shape index (κ3) is 3.29. The highest BCUT2D eigenvalue weighted by Crippen LogP contribution is 2.37. The van der Waals surface area contributed by atoms with E-state index in [9.17, 15) is 4.79 Å². The van der Waals surface area contributed by atoms with E-state index in [4.69, 9.17) is 4.98 Å². The van der Waals surface area contributed by atoms with Crippen LogP contribution in [0.2, 0.25) is 0 Å². The molecule has 6 nitrogen and oxygen atoms in total. The lowest BCUT2D eigenvalue weighted by Crippen LogP contribution is -2.25. The minimum absolute atomic E-state index is 0.0735. The Labute approximate surface area is 168 Å². The number of anilines is 4. The standard InChI is InChI=1S/C21H21N5OS/c1-25-17-10-5-4-9-16(17)20(27)26(2)18-13-22-21(24-19(18)25)23-14-7-6-8-15(28-3)12-11-14/h4-5,7-13H,6H2,1-3H3,(H,22,23,24). The normalized spacial score (nSPS) is 15.9. The van der Waals surface area contributed by atoms with Crippen molar-refractivity contribution in [1.29, 1.82) is 0 Å². The Hall–Kier alpha value is -3.06. The molecule has 0 atom stereocenters. The molecule has 1 aromatic carbocycles. The predicted molar refractivity (Wildman–Crippen MR) is 116 cm³/mol. The van der Waals surface area contributed by atoms with E-state index >= 15 is 0 Å². The van der Waals surface area contributed by atoms with Gasteiger partial charge >= 0.3 is 0 Å². The minimum atomic E-state index is -0.0735. The maximum Gasteiger partial charge on any atom is 0.260 e. The van der Waals surface area contributed by atoms with Crippen LogP contribution in [0.15, 0.2) is 65.4 Å². The van der Waals surface area contributed by atoms with Crippen LogP contribution in [0.1, 0.15) is 16.8 Å². The molecule has 2 aromatic rings. The maximum atomic E-state index is 12.8. The largest absolute Gasteiger partial charge is 0.327 e. The summed E-state index contributed by atoms with van der Waals surface area (Å²) in [5, 5.41) is 3.29. The van der Waals surface area contributed by atoms with Crippen molar-refractivity contribution in [3.8, 4) is 0 Å². The summed E-state index contributed by atoms with van der Waals surface area (Å²) in [4.78, 5) is 26.8. The van der Waals surface area contributed by atoms with Gasteiger partial charge in [0.15, 0.2) is 5.82 Å². The molecule has 0 spiro atoms. The fourth-order valence-corrected chi connectivity index (χ4v) is 3.71. The molecule has 1 aromatic heterocycles. The van der Waals surface area contributed by atoms with Crippen LogP contribution in [-0.2, 0) is 0 Å². The van der Waals surface area contributed by atoms with Gasteiger partial charge in [0, 0.05) is 24.7 Å². The van der Waals surface area contributed by atoms with Crippen LogP contribution < -0.4 is 15.1 Å². The molecule has 0 radical (unpaired) electrons. The lowest BCUT2D eigenvalue weighted by molar-refractivity contribution is 0.0994. The zero-order valence-corrected chi connectivity index (χ0v) is 16.8. The Morgan fingerprint density at radius 3 is 2.71 bits per heavy atom. The summed E-state index contributed by atoms with van der Waals surface area (Å²) in [6.07, 6.45) is 13.0. The van der Waals surface area contributed by atoms with Crippen LogP contribution in [0.25, 0.3) is 0 Å². The number of carbonyl (C=O) groups is 1. The Morgan fingerprint density at radius 1 is 1.07 bits per heavy atom. The molecule has 0 bridgehead atoms. The van der Waals surface area contributed by atoms with Gasteiger partial charge in [0.05, 0.1) is 17.4 Å². The van der Waals surface area contributed by atoms with E-state index in [-0.39, 0.29) is 5.91 Å². The van der Waals surface area contributed by atoms with Crippen LogP contribution in [-0.4, -0.2) is 36.2 Å². The molecule has 142 valence electrons. The van der Waals surface area contributed by atoms with Crippen molar-refractivity contribution in [2.24, 2.45) is 0 Å². The van der Waals surface area contributed by atoms with E-state index in [0.717, 1.165) is 17.8 Å². The van der Waals surface area contributed by atoms with Gasteiger partial charge in [0.25, 0.3) is 5.91 Å². The van der Waals surface area contributed by atoms with Gasteiger partial charge < -0.3 is 15.1 Å². The molecule has 2 heterocycles. The highest BCUT2D eigenvalue weighted by atomic mass is 32.2. The van der Waals surface area contributed by atoms with Crippen molar-refractivity contribution in [2.75, 3.05) is 35.5 Å².